The van der Waals surface area contributed by atoms with Crippen LogP contribution in [0.3, 0.4) is 0 Å². The summed E-state index contributed by atoms with van der Waals surface area (Å²) in [4.78, 5) is 8.73. The highest BCUT2D eigenvalue weighted by Crippen LogP contribution is 2.17. The predicted octanol–water partition coefficient (Wildman–Crippen LogP) is 3.25. The Labute approximate surface area is 117 Å². The van der Waals surface area contributed by atoms with Crippen LogP contribution < -0.4 is 10.1 Å². The lowest BCUT2D eigenvalue weighted by Crippen LogP contribution is -2.02. The summed E-state index contributed by atoms with van der Waals surface area (Å²) >= 11 is 0. The van der Waals surface area contributed by atoms with Crippen molar-refractivity contribution >= 4 is 16.7 Å². The third kappa shape index (κ3) is 2.54. The van der Waals surface area contributed by atoms with Crippen LogP contribution in [0.4, 0.5) is 5.82 Å². The van der Waals surface area contributed by atoms with Crippen LogP contribution in [-0.4, -0.2) is 17.1 Å². The third-order valence-electron chi connectivity index (χ3n) is 3.15. The van der Waals surface area contributed by atoms with Gasteiger partial charge in [-0.3, -0.25) is 4.98 Å². The van der Waals surface area contributed by atoms with Crippen LogP contribution >= 0.6 is 0 Å². The molecule has 0 aliphatic carbocycles. The smallest absolute Gasteiger partial charge is 0.137 e. The molecule has 4 heteroatoms. The quantitative estimate of drug-likeness (QED) is 0.786. The highest BCUT2D eigenvalue weighted by Gasteiger charge is 2.02. The monoisotopic (exact) mass is 265 g/mol. The summed E-state index contributed by atoms with van der Waals surface area (Å²) in [5.74, 6) is 1.57. The van der Waals surface area contributed by atoms with Crippen LogP contribution in [0.15, 0.2) is 54.9 Å². The van der Waals surface area contributed by atoms with Gasteiger partial charge in [0.25, 0.3) is 0 Å². The normalized spacial score (nSPS) is 10.4. The van der Waals surface area contributed by atoms with E-state index in [-0.39, 0.29) is 0 Å². The van der Waals surface area contributed by atoms with Crippen LogP contribution in [0.25, 0.3) is 10.9 Å². The zero-order chi connectivity index (χ0) is 13.8. The summed E-state index contributed by atoms with van der Waals surface area (Å²) < 4.78 is 5.09. The molecule has 0 radical (unpaired) electrons. The fourth-order valence-corrected chi connectivity index (χ4v) is 2.10. The number of pyridine rings is 2. The summed E-state index contributed by atoms with van der Waals surface area (Å²) in [5, 5.41) is 4.45. The Hall–Kier alpha value is -2.62. The van der Waals surface area contributed by atoms with Gasteiger partial charge in [-0.25, -0.2) is 4.98 Å². The molecule has 100 valence electrons. The van der Waals surface area contributed by atoms with E-state index < -0.39 is 0 Å². The standard InChI is InChI=1S/C16H15N3O/c1-20-14-7-8-15(19-11-14)18-10-13-5-2-4-12-6-3-9-17-16(12)13/h2-9,11H,10H2,1H3,(H,18,19). The number of nitrogens with zero attached hydrogens (tertiary/aromatic N) is 2. The zero-order valence-corrected chi connectivity index (χ0v) is 11.2. The van der Waals surface area contributed by atoms with E-state index in [4.69, 9.17) is 4.74 Å². The van der Waals surface area contributed by atoms with Crippen LogP contribution in [0, 0.1) is 0 Å². The number of rotatable bonds is 4. The lowest BCUT2D eigenvalue weighted by molar-refractivity contribution is 0.413. The van der Waals surface area contributed by atoms with Gasteiger partial charge < -0.3 is 10.1 Å². The number of methoxy groups -OCH3 is 1. The van der Waals surface area contributed by atoms with E-state index in [0.29, 0.717) is 6.54 Å². The highest BCUT2D eigenvalue weighted by atomic mass is 16.5. The molecule has 1 N–H and O–H groups in total. The molecule has 20 heavy (non-hydrogen) atoms. The van der Waals surface area contributed by atoms with Crippen LogP contribution in [0.2, 0.25) is 0 Å². The highest BCUT2D eigenvalue weighted by molar-refractivity contribution is 5.81. The number of aromatic nitrogens is 2. The number of anilines is 1. The van der Waals surface area contributed by atoms with E-state index in [0.717, 1.165) is 28.0 Å². The van der Waals surface area contributed by atoms with E-state index in [9.17, 15) is 0 Å². The lowest BCUT2D eigenvalue weighted by Gasteiger charge is -2.08. The number of nitrogens with one attached hydrogen (secondary N) is 1. The molecular formula is C16H15N3O. The molecule has 0 saturated carbocycles. The van der Waals surface area contributed by atoms with Crippen molar-refractivity contribution in [1.29, 1.82) is 0 Å². The predicted molar refractivity (Wildman–Crippen MR) is 79.9 cm³/mol. The van der Waals surface area contributed by atoms with E-state index in [1.165, 1.54) is 0 Å². The third-order valence-corrected chi connectivity index (χ3v) is 3.15. The van der Waals surface area contributed by atoms with Crippen molar-refractivity contribution in [2.45, 2.75) is 6.54 Å². The largest absolute Gasteiger partial charge is 0.495 e. The molecule has 1 aromatic carbocycles. The van der Waals surface area contributed by atoms with E-state index >= 15 is 0 Å². The van der Waals surface area contributed by atoms with Gasteiger partial charge in [0.1, 0.15) is 11.6 Å². The van der Waals surface area contributed by atoms with E-state index in [1.807, 2.05) is 30.5 Å². The van der Waals surface area contributed by atoms with Crippen molar-refractivity contribution in [1.82, 2.24) is 9.97 Å². The molecule has 0 fully saturated rings. The van der Waals surface area contributed by atoms with Crippen molar-refractivity contribution in [3.05, 3.63) is 60.4 Å². The topological polar surface area (TPSA) is 47.0 Å². The Morgan fingerprint density at radius 1 is 1.05 bits per heavy atom. The molecule has 4 nitrogen and oxygen atoms in total. The molecule has 3 aromatic rings. The van der Waals surface area contributed by atoms with E-state index in [1.54, 1.807) is 13.3 Å². The van der Waals surface area contributed by atoms with Gasteiger partial charge in [0.15, 0.2) is 0 Å². The first kappa shape index (κ1) is 12.4. The fourth-order valence-electron chi connectivity index (χ4n) is 2.10. The van der Waals surface area contributed by atoms with Crippen LogP contribution in [-0.2, 0) is 6.54 Å². The molecular weight excluding hydrogens is 250 g/mol. The van der Waals surface area contributed by atoms with Crippen LogP contribution in [0.1, 0.15) is 5.56 Å². The van der Waals surface area contributed by atoms with Crippen molar-refractivity contribution in [3.63, 3.8) is 0 Å². The second-order valence-corrected chi connectivity index (χ2v) is 4.43. The number of hydrogen-bond donors (Lipinski definition) is 1. The molecule has 0 spiro atoms. The fraction of sp³-hybridized carbons (Fsp3) is 0.125. The van der Waals surface area contributed by atoms with Gasteiger partial charge in [-0.05, 0) is 23.8 Å². The summed E-state index contributed by atoms with van der Waals surface area (Å²) in [7, 11) is 1.63. The first-order valence-electron chi connectivity index (χ1n) is 6.43. The molecule has 0 bridgehead atoms. The number of para-hydroxylation sites is 1. The minimum absolute atomic E-state index is 0.688. The van der Waals surface area contributed by atoms with Gasteiger partial charge in [-0.1, -0.05) is 24.3 Å². The maximum absolute atomic E-state index is 5.09. The molecule has 0 aliphatic rings. The number of hydrogen-bond acceptors (Lipinski definition) is 4. The molecule has 0 aliphatic heterocycles. The number of benzene rings is 1. The number of ether oxygens (including phenoxy) is 1. The minimum atomic E-state index is 0.688. The second kappa shape index (κ2) is 5.57. The molecule has 2 heterocycles. The van der Waals surface area contributed by atoms with Crippen molar-refractivity contribution in [3.8, 4) is 5.75 Å². The maximum atomic E-state index is 5.09. The molecule has 0 atom stereocenters. The van der Waals surface area contributed by atoms with Crippen molar-refractivity contribution < 1.29 is 4.74 Å². The second-order valence-electron chi connectivity index (χ2n) is 4.43. The van der Waals surface area contributed by atoms with Gasteiger partial charge >= 0.3 is 0 Å². The van der Waals surface area contributed by atoms with Gasteiger partial charge in [0.2, 0.25) is 0 Å². The summed E-state index contributed by atoms with van der Waals surface area (Å²) in [6, 6.07) is 14.0. The van der Waals surface area contributed by atoms with Gasteiger partial charge in [-0.2, -0.15) is 0 Å². The van der Waals surface area contributed by atoms with Crippen LogP contribution in [0.5, 0.6) is 5.75 Å². The SMILES string of the molecule is COc1ccc(NCc2cccc3cccnc23)nc1. The molecule has 2 aromatic heterocycles. The van der Waals surface area contributed by atoms with Crippen molar-refractivity contribution in [2.24, 2.45) is 0 Å². The van der Waals surface area contributed by atoms with Gasteiger partial charge in [0.05, 0.1) is 18.8 Å². The first-order valence-corrected chi connectivity index (χ1v) is 6.43. The number of fused-ring (bicyclic) bond motifs is 1. The molecule has 0 unspecified atom stereocenters. The Morgan fingerprint density at radius 2 is 1.95 bits per heavy atom. The Kier molecular flexibility index (Phi) is 3.46. The zero-order valence-electron chi connectivity index (χ0n) is 11.2. The Morgan fingerprint density at radius 3 is 2.75 bits per heavy atom. The lowest BCUT2D eigenvalue weighted by atomic mass is 10.1. The summed E-state index contributed by atoms with van der Waals surface area (Å²) in [6.45, 7) is 0.688. The average molecular weight is 265 g/mol. The first-order chi connectivity index (χ1) is 9.86. The minimum Gasteiger partial charge on any atom is -0.495 e. The molecule has 3 rings (SSSR count). The maximum Gasteiger partial charge on any atom is 0.137 e. The summed E-state index contributed by atoms with van der Waals surface area (Å²) in [5.41, 5.74) is 2.18. The van der Waals surface area contributed by atoms with Gasteiger partial charge in [-0.15, -0.1) is 0 Å². The average Bonchev–Trinajstić information content (AvgIpc) is 2.53. The molecule has 0 saturated heterocycles. The van der Waals surface area contributed by atoms with Crippen molar-refractivity contribution in [2.75, 3.05) is 12.4 Å². The van der Waals surface area contributed by atoms with E-state index in [2.05, 4.69) is 33.5 Å². The molecule has 0 amide bonds. The Bertz CT molecular complexity index is 705. The summed E-state index contributed by atoms with van der Waals surface area (Å²) in [6.07, 6.45) is 3.52. The Balaban J connectivity index is 1.79. The van der Waals surface area contributed by atoms with Gasteiger partial charge in [0, 0.05) is 18.1 Å².